The predicted octanol–water partition coefficient (Wildman–Crippen LogP) is 1.05. The average molecular weight is 319 g/mol. The summed E-state index contributed by atoms with van der Waals surface area (Å²) in [7, 11) is 0. The molecule has 0 atom stereocenters. The zero-order chi connectivity index (χ0) is 15.2. The van der Waals surface area contributed by atoms with Crippen LogP contribution in [0.2, 0.25) is 0 Å². The zero-order valence-electron chi connectivity index (χ0n) is 12.5. The van der Waals surface area contributed by atoms with Gasteiger partial charge in [0.1, 0.15) is 17.0 Å². The molecule has 0 aromatic heterocycles. The highest BCUT2D eigenvalue weighted by molar-refractivity contribution is 5.99. The van der Waals surface area contributed by atoms with Crippen molar-refractivity contribution in [2.75, 3.05) is 0 Å². The molecule has 2 aliphatic rings. The molecule has 0 unspecified atom stereocenters. The maximum absolute atomic E-state index is 12.3. The molecular formula is C13H23ClN4O3. The van der Waals surface area contributed by atoms with Crippen molar-refractivity contribution >= 4 is 30.2 Å². The highest BCUT2D eigenvalue weighted by Crippen LogP contribution is 2.40. The number of amides is 2. The summed E-state index contributed by atoms with van der Waals surface area (Å²) >= 11 is 0. The summed E-state index contributed by atoms with van der Waals surface area (Å²) in [5.41, 5.74) is 3.29. The number of carbonyl (C=O) groups excluding carboxylic acids is 2. The van der Waals surface area contributed by atoms with Gasteiger partial charge in [-0.3, -0.25) is 10.2 Å². The summed E-state index contributed by atoms with van der Waals surface area (Å²) in [6.07, 6.45) is 1.91. The van der Waals surface area contributed by atoms with Gasteiger partial charge < -0.3 is 21.1 Å². The van der Waals surface area contributed by atoms with Crippen molar-refractivity contribution in [3.8, 4) is 0 Å². The first-order chi connectivity index (χ1) is 9.09. The van der Waals surface area contributed by atoms with Crippen molar-refractivity contribution in [1.82, 2.24) is 10.6 Å². The molecule has 8 heteroatoms. The van der Waals surface area contributed by atoms with Crippen molar-refractivity contribution in [3.05, 3.63) is 0 Å². The summed E-state index contributed by atoms with van der Waals surface area (Å²) in [5.74, 6) is -0.310. The molecular weight excluding hydrogens is 296 g/mol. The third-order valence-electron chi connectivity index (χ3n) is 3.54. The number of halogens is 1. The first-order valence-corrected chi connectivity index (χ1v) is 6.77. The van der Waals surface area contributed by atoms with Gasteiger partial charge >= 0.3 is 6.09 Å². The smallest absolute Gasteiger partial charge is 0.408 e. The first kappa shape index (κ1) is 17.6. The van der Waals surface area contributed by atoms with Crippen molar-refractivity contribution in [2.45, 2.75) is 63.1 Å². The normalized spacial score (nSPS) is 20.5. The predicted molar refractivity (Wildman–Crippen MR) is 80.6 cm³/mol. The minimum Gasteiger partial charge on any atom is -0.444 e. The van der Waals surface area contributed by atoms with Gasteiger partial charge in [-0.1, -0.05) is 0 Å². The topological polar surface area (TPSA) is 117 Å². The second-order valence-electron chi connectivity index (χ2n) is 6.66. The fourth-order valence-corrected chi connectivity index (χ4v) is 1.96. The Kier molecular flexibility index (Phi) is 4.48. The van der Waals surface area contributed by atoms with E-state index < -0.39 is 22.8 Å². The Balaban J connectivity index is 0.00000220. The molecule has 2 fully saturated rings. The number of nitrogens with two attached hydrogens (primary N) is 1. The molecule has 0 aliphatic heterocycles. The molecule has 0 spiro atoms. The van der Waals surface area contributed by atoms with E-state index in [-0.39, 0.29) is 24.1 Å². The Bertz CT molecular complexity index is 465. The van der Waals surface area contributed by atoms with Crippen LogP contribution in [0.25, 0.3) is 0 Å². The van der Waals surface area contributed by atoms with Gasteiger partial charge in [0, 0.05) is 0 Å². The Hall–Kier alpha value is -1.50. The van der Waals surface area contributed by atoms with Gasteiger partial charge in [-0.2, -0.15) is 0 Å². The van der Waals surface area contributed by atoms with Crippen LogP contribution in [-0.4, -0.2) is 34.5 Å². The summed E-state index contributed by atoms with van der Waals surface area (Å²) in [4.78, 5) is 24.0. The lowest BCUT2D eigenvalue weighted by atomic mass is 10.2. The molecule has 0 saturated heterocycles. The summed E-state index contributed by atoms with van der Waals surface area (Å²) in [6, 6.07) is 0. The molecule has 2 aliphatic carbocycles. The number of alkyl carbamates (subject to hydrolysis) is 1. The van der Waals surface area contributed by atoms with Gasteiger partial charge in [-0.15, -0.1) is 12.4 Å². The van der Waals surface area contributed by atoms with E-state index in [9.17, 15) is 9.59 Å². The molecule has 5 N–H and O–H groups in total. The maximum Gasteiger partial charge on any atom is 0.408 e. The van der Waals surface area contributed by atoms with Crippen LogP contribution < -0.4 is 16.4 Å². The maximum atomic E-state index is 12.3. The van der Waals surface area contributed by atoms with Gasteiger partial charge in [0.25, 0.3) is 0 Å². The van der Waals surface area contributed by atoms with Crippen molar-refractivity contribution in [2.24, 2.45) is 5.73 Å². The highest BCUT2D eigenvalue weighted by atomic mass is 35.5. The monoisotopic (exact) mass is 318 g/mol. The Morgan fingerprint density at radius 3 is 1.90 bits per heavy atom. The van der Waals surface area contributed by atoms with Crippen LogP contribution in [0.5, 0.6) is 0 Å². The molecule has 2 saturated carbocycles. The molecule has 0 radical (unpaired) electrons. The van der Waals surface area contributed by atoms with Crippen molar-refractivity contribution in [1.29, 1.82) is 5.41 Å². The van der Waals surface area contributed by atoms with E-state index in [2.05, 4.69) is 10.6 Å². The minimum absolute atomic E-state index is 0. The SMILES string of the molecule is CC(C)(C)OC(=O)NC1(C(=O)NC2(C(=N)N)CC2)CC1.Cl. The van der Waals surface area contributed by atoms with E-state index in [0.717, 1.165) is 0 Å². The van der Waals surface area contributed by atoms with Crippen LogP contribution in [0.1, 0.15) is 46.5 Å². The molecule has 0 heterocycles. The number of hydrogen-bond acceptors (Lipinski definition) is 4. The van der Waals surface area contributed by atoms with Gasteiger partial charge in [-0.25, -0.2) is 4.79 Å². The van der Waals surface area contributed by atoms with Crippen LogP contribution in [0.3, 0.4) is 0 Å². The number of nitrogens with one attached hydrogen (secondary N) is 3. The Morgan fingerprint density at radius 2 is 1.57 bits per heavy atom. The standard InChI is InChI=1S/C13H22N4O3.ClH/c1-11(2,3)20-10(19)17-13(6-7-13)9(18)16-12(4-5-12)8(14)15;/h4-7H2,1-3H3,(H3,14,15)(H,16,18)(H,17,19);1H. The number of rotatable bonds is 4. The van der Waals surface area contributed by atoms with E-state index in [1.54, 1.807) is 20.8 Å². The van der Waals surface area contributed by atoms with E-state index in [1.165, 1.54) is 0 Å². The third-order valence-corrected chi connectivity index (χ3v) is 3.54. The molecule has 2 amide bonds. The third kappa shape index (κ3) is 4.00. The van der Waals surface area contributed by atoms with Gasteiger partial charge in [0.05, 0.1) is 5.54 Å². The number of hydrogen-bond donors (Lipinski definition) is 4. The molecule has 21 heavy (non-hydrogen) atoms. The number of ether oxygens (including phenoxy) is 1. The second-order valence-corrected chi connectivity index (χ2v) is 6.66. The largest absolute Gasteiger partial charge is 0.444 e. The summed E-state index contributed by atoms with van der Waals surface area (Å²) in [6.45, 7) is 5.30. The zero-order valence-corrected chi connectivity index (χ0v) is 13.4. The number of amidine groups is 1. The van der Waals surface area contributed by atoms with Gasteiger partial charge in [-0.05, 0) is 46.5 Å². The fourth-order valence-electron chi connectivity index (χ4n) is 1.96. The van der Waals surface area contributed by atoms with E-state index in [0.29, 0.717) is 25.7 Å². The van der Waals surface area contributed by atoms with Crippen molar-refractivity contribution < 1.29 is 14.3 Å². The Morgan fingerprint density at radius 1 is 1.10 bits per heavy atom. The first-order valence-electron chi connectivity index (χ1n) is 6.77. The van der Waals surface area contributed by atoms with E-state index in [4.69, 9.17) is 15.9 Å². The molecule has 0 aromatic carbocycles. The van der Waals surface area contributed by atoms with E-state index in [1.807, 2.05) is 0 Å². The molecule has 7 nitrogen and oxygen atoms in total. The molecule has 0 aromatic rings. The quantitative estimate of drug-likeness (QED) is 0.457. The molecule has 0 bridgehead atoms. The second kappa shape index (κ2) is 5.36. The minimum atomic E-state index is -0.895. The van der Waals surface area contributed by atoms with Crippen LogP contribution in [0.4, 0.5) is 4.79 Å². The van der Waals surface area contributed by atoms with Crippen LogP contribution in [0.15, 0.2) is 0 Å². The van der Waals surface area contributed by atoms with Crippen LogP contribution >= 0.6 is 12.4 Å². The number of carbonyl (C=O) groups is 2. The summed E-state index contributed by atoms with van der Waals surface area (Å²) < 4.78 is 5.16. The van der Waals surface area contributed by atoms with Crippen molar-refractivity contribution in [3.63, 3.8) is 0 Å². The van der Waals surface area contributed by atoms with Crippen LogP contribution in [0, 0.1) is 5.41 Å². The van der Waals surface area contributed by atoms with E-state index >= 15 is 0 Å². The lowest BCUT2D eigenvalue weighted by Gasteiger charge is -2.24. The lowest BCUT2D eigenvalue weighted by molar-refractivity contribution is -0.124. The fraction of sp³-hybridized carbons (Fsp3) is 0.769. The molecule has 2 rings (SSSR count). The Labute approximate surface area is 130 Å². The summed E-state index contributed by atoms with van der Waals surface area (Å²) in [5, 5.41) is 12.9. The molecule has 120 valence electrons. The lowest BCUT2D eigenvalue weighted by Crippen LogP contribution is -2.56. The van der Waals surface area contributed by atoms with Gasteiger partial charge in [0.15, 0.2) is 0 Å². The van der Waals surface area contributed by atoms with Gasteiger partial charge in [0.2, 0.25) is 5.91 Å². The van der Waals surface area contributed by atoms with Crippen LogP contribution in [-0.2, 0) is 9.53 Å². The average Bonchev–Trinajstić information content (AvgIpc) is 3.10. The highest BCUT2D eigenvalue weighted by Gasteiger charge is 2.56.